The van der Waals surface area contributed by atoms with Gasteiger partial charge < -0.3 is 5.73 Å². The maximum atomic E-state index is 6.45. The molecule has 3 rings (SSSR count). The predicted molar refractivity (Wildman–Crippen MR) is 80.0 cm³/mol. The molecule has 1 aliphatic rings. The standard InChI is InChI=1S/C17H22N2/c1-17(10-4-5-11-17)16(18)12-14-9-8-13-6-2-3-7-15(13)19-14/h2-3,6-9,16H,4-5,10-12,18H2,1H3. The highest BCUT2D eigenvalue weighted by Gasteiger charge is 2.34. The topological polar surface area (TPSA) is 38.9 Å². The highest BCUT2D eigenvalue weighted by Crippen LogP contribution is 2.40. The van der Waals surface area contributed by atoms with E-state index in [0.717, 1.165) is 17.6 Å². The minimum atomic E-state index is 0.226. The van der Waals surface area contributed by atoms with E-state index >= 15 is 0 Å². The van der Waals surface area contributed by atoms with Gasteiger partial charge in [-0.25, -0.2) is 0 Å². The largest absolute Gasteiger partial charge is 0.327 e. The van der Waals surface area contributed by atoms with Crippen molar-refractivity contribution in [2.75, 3.05) is 0 Å². The van der Waals surface area contributed by atoms with Crippen LogP contribution in [0.3, 0.4) is 0 Å². The van der Waals surface area contributed by atoms with Crippen LogP contribution >= 0.6 is 0 Å². The Morgan fingerprint density at radius 1 is 1.16 bits per heavy atom. The summed E-state index contributed by atoms with van der Waals surface area (Å²) < 4.78 is 0. The van der Waals surface area contributed by atoms with Crippen molar-refractivity contribution >= 4 is 10.9 Å². The number of nitrogens with zero attached hydrogens (tertiary/aromatic N) is 1. The lowest BCUT2D eigenvalue weighted by molar-refractivity contribution is 0.259. The summed E-state index contributed by atoms with van der Waals surface area (Å²) in [6.07, 6.45) is 6.08. The van der Waals surface area contributed by atoms with Gasteiger partial charge in [-0.2, -0.15) is 0 Å². The monoisotopic (exact) mass is 254 g/mol. The van der Waals surface area contributed by atoms with Gasteiger partial charge in [0, 0.05) is 23.5 Å². The van der Waals surface area contributed by atoms with E-state index in [0.29, 0.717) is 5.41 Å². The van der Waals surface area contributed by atoms with Gasteiger partial charge in [0.05, 0.1) is 5.52 Å². The van der Waals surface area contributed by atoms with E-state index in [9.17, 15) is 0 Å². The Balaban J connectivity index is 1.81. The quantitative estimate of drug-likeness (QED) is 0.907. The maximum Gasteiger partial charge on any atom is 0.0705 e. The first-order valence-electron chi connectivity index (χ1n) is 7.28. The molecule has 1 saturated carbocycles. The molecule has 2 N–H and O–H groups in total. The number of aromatic nitrogens is 1. The molecule has 0 bridgehead atoms. The summed E-state index contributed by atoms with van der Waals surface area (Å²) in [6.45, 7) is 2.34. The van der Waals surface area contributed by atoms with Crippen molar-refractivity contribution in [1.82, 2.24) is 4.98 Å². The highest BCUT2D eigenvalue weighted by atomic mass is 14.7. The normalized spacial score (nSPS) is 19.7. The number of nitrogens with two attached hydrogens (primary N) is 1. The average molecular weight is 254 g/mol. The fourth-order valence-corrected chi connectivity index (χ4v) is 3.25. The molecule has 1 atom stereocenters. The number of hydrogen-bond acceptors (Lipinski definition) is 2. The fraction of sp³-hybridized carbons (Fsp3) is 0.471. The molecule has 1 aromatic carbocycles. The summed E-state index contributed by atoms with van der Waals surface area (Å²) in [5, 5.41) is 1.20. The van der Waals surface area contributed by atoms with Crippen molar-refractivity contribution < 1.29 is 0 Å². The first-order valence-corrected chi connectivity index (χ1v) is 7.28. The number of rotatable bonds is 3. The summed E-state index contributed by atoms with van der Waals surface area (Å²) >= 11 is 0. The molecule has 0 saturated heterocycles. The summed E-state index contributed by atoms with van der Waals surface area (Å²) in [6, 6.07) is 12.8. The van der Waals surface area contributed by atoms with Crippen molar-refractivity contribution in [3.05, 3.63) is 42.1 Å². The van der Waals surface area contributed by atoms with Crippen LogP contribution in [0.15, 0.2) is 36.4 Å². The van der Waals surface area contributed by atoms with Gasteiger partial charge in [0.2, 0.25) is 0 Å². The van der Waals surface area contributed by atoms with E-state index in [4.69, 9.17) is 10.7 Å². The van der Waals surface area contributed by atoms with Gasteiger partial charge in [-0.1, -0.05) is 44.0 Å². The second-order valence-corrected chi connectivity index (χ2v) is 6.17. The molecule has 2 aromatic rings. The molecule has 0 aliphatic heterocycles. The Hall–Kier alpha value is -1.41. The molecule has 0 radical (unpaired) electrons. The number of hydrogen-bond donors (Lipinski definition) is 1. The summed E-state index contributed by atoms with van der Waals surface area (Å²) in [4.78, 5) is 4.74. The van der Waals surface area contributed by atoms with E-state index in [2.05, 4.69) is 37.3 Å². The van der Waals surface area contributed by atoms with Crippen LogP contribution in [0, 0.1) is 5.41 Å². The predicted octanol–water partition coefficient (Wildman–Crippen LogP) is 3.68. The van der Waals surface area contributed by atoms with Gasteiger partial charge in [-0.3, -0.25) is 4.98 Å². The lowest BCUT2D eigenvalue weighted by atomic mass is 9.79. The molecule has 0 amide bonds. The highest BCUT2D eigenvalue weighted by molar-refractivity contribution is 5.78. The van der Waals surface area contributed by atoms with Crippen LogP contribution in [-0.2, 0) is 6.42 Å². The number of pyridine rings is 1. The van der Waals surface area contributed by atoms with E-state index < -0.39 is 0 Å². The molecule has 1 heterocycles. The number of benzene rings is 1. The zero-order chi connectivity index (χ0) is 13.3. The maximum absolute atomic E-state index is 6.45. The minimum absolute atomic E-state index is 0.226. The SMILES string of the molecule is CC1(C(N)Cc2ccc3ccccc3n2)CCCC1. The van der Waals surface area contributed by atoms with Gasteiger partial charge >= 0.3 is 0 Å². The Morgan fingerprint density at radius 3 is 2.68 bits per heavy atom. The molecular weight excluding hydrogens is 232 g/mol. The summed E-state index contributed by atoms with van der Waals surface area (Å²) in [5.74, 6) is 0. The molecule has 100 valence electrons. The fourth-order valence-electron chi connectivity index (χ4n) is 3.25. The number of para-hydroxylation sites is 1. The average Bonchev–Trinajstić information content (AvgIpc) is 2.87. The Kier molecular flexibility index (Phi) is 3.28. The van der Waals surface area contributed by atoms with Crippen molar-refractivity contribution in [1.29, 1.82) is 0 Å². The molecule has 1 aliphatic carbocycles. The zero-order valence-electron chi connectivity index (χ0n) is 11.6. The van der Waals surface area contributed by atoms with Crippen molar-refractivity contribution in [3.63, 3.8) is 0 Å². The molecule has 2 heteroatoms. The first-order chi connectivity index (χ1) is 9.17. The van der Waals surface area contributed by atoms with Crippen molar-refractivity contribution in [2.24, 2.45) is 11.1 Å². The Morgan fingerprint density at radius 2 is 1.89 bits per heavy atom. The van der Waals surface area contributed by atoms with Crippen LogP contribution in [-0.4, -0.2) is 11.0 Å². The van der Waals surface area contributed by atoms with Crippen LogP contribution in [0.1, 0.15) is 38.3 Å². The van der Waals surface area contributed by atoms with Crippen LogP contribution in [0.5, 0.6) is 0 Å². The van der Waals surface area contributed by atoms with E-state index in [1.54, 1.807) is 0 Å². The molecule has 2 nitrogen and oxygen atoms in total. The lowest BCUT2D eigenvalue weighted by Crippen LogP contribution is -2.39. The van der Waals surface area contributed by atoms with Crippen LogP contribution < -0.4 is 5.73 Å². The third kappa shape index (κ3) is 2.50. The lowest BCUT2D eigenvalue weighted by Gasteiger charge is -2.31. The van der Waals surface area contributed by atoms with Crippen molar-refractivity contribution in [3.8, 4) is 0 Å². The second kappa shape index (κ2) is 4.93. The van der Waals surface area contributed by atoms with Crippen LogP contribution in [0.25, 0.3) is 10.9 Å². The van der Waals surface area contributed by atoms with E-state index in [-0.39, 0.29) is 6.04 Å². The summed E-state index contributed by atoms with van der Waals surface area (Å²) in [5.41, 5.74) is 8.96. The Bertz CT molecular complexity index is 570. The minimum Gasteiger partial charge on any atom is -0.327 e. The third-order valence-electron chi connectivity index (χ3n) is 4.73. The third-order valence-corrected chi connectivity index (χ3v) is 4.73. The second-order valence-electron chi connectivity index (χ2n) is 6.17. The van der Waals surface area contributed by atoms with Crippen LogP contribution in [0.2, 0.25) is 0 Å². The van der Waals surface area contributed by atoms with Gasteiger partial charge in [0.15, 0.2) is 0 Å². The summed E-state index contributed by atoms with van der Waals surface area (Å²) in [7, 11) is 0. The van der Waals surface area contributed by atoms with E-state index in [1.807, 2.05) is 6.07 Å². The molecule has 1 unspecified atom stereocenters. The van der Waals surface area contributed by atoms with Gasteiger partial charge in [0.1, 0.15) is 0 Å². The van der Waals surface area contributed by atoms with Crippen LogP contribution in [0.4, 0.5) is 0 Å². The smallest absolute Gasteiger partial charge is 0.0705 e. The molecular formula is C17H22N2. The molecule has 0 spiro atoms. The molecule has 1 fully saturated rings. The van der Waals surface area contributed by atoms with Crippen molar-refractivity contribution in [2.45, 2.75) is 45.1 Å². The zero-order valence-corrected chi connectivity index (χ0v) is 11.6. The molecule has 19 heavy (non-hydrogen) atoms. The Labute approximate surface area is 115 Å². The van der Waals surface area contributed by atoms with Gasteiger partial charge in [-0.15, -0.1) is 0 Å². The molecule has 1 aromatic heterocycles. The van der Waals surface area contributed by atoms with Gasteiger partial charge in [0.25, 0.3) is 0 Å². The number of fused-ring (bicyclic) bond motifs is 1. The van der Waals surface area contributed by atoms with E-state index in [1.165, 1.54) is 31.1 Å². The van der Waals surface area contributed by atoms with Gasteiger partial charge in [-0.05, 0) is 30.4 Å². The first kappa shape index (κ1) is 12.6.